The normalized spacial score (nSPS) is 17.0. The molecular weight excluding hydrogens is 360 g/mol. The summed E-state index contributed by atoms with van der Waals surface area (Å²) < 4.78 is 8.70. The quantitative estimate of drug-likeness (QED) is 0.542. The van der Waals surface area contributed by atoms with Crippen molar-refractivity contribution in [2.75, 3.05) is 18.1 Å². The number of rotatable bonds is 4. The van der Waals surface area contributed by atoms with E-state index in [0.717, 1.165) is 35.3 Å². The van der Waals surface area contributed by atoms with E-state index < -0.39 is 0 Å². The Labute approximate surface area is 160 Å². The van der Waals surface area contributed by atoms with Gasteiger partial charge in [-0.15, -0.1) is 0 Å². The number of amides is 1. The summed E-state index contributed by atoms with van der Waals surface area (Å²) in [5.41, 5.74) is 2.07. The van der Waals surface area contributed by atoms with Crippen LogP contribution in [-0.2, 0) is 4.74 Å². The molecule has 3 aromatic heterocycles. The number of hydrogen-bond acceptors (Lipinski definition) is 5. The molecule has 4 heterocycles. The van der Waals surface area contributed by atoms with Crippen LogP contribution < -0.4 is 4.90 Å². The molecule has 1 saturated heterocycles. The van der Waals surface area contributed by atoms with Gasteiger partial charge in [0.15, 0.2) is 5.13 Å². The number of benzene rings is 1. The Morgan fingerprint density at radius 1 is 1.22 bits per heavy atom. The lowest BCUT2D eigenvalue weighted by atomic mass is 10.2. The highest BCUT2D eigenvalue weighted by Gasteiger charge is 2.28. The van der Waals surface area contributed by atoms with Gasteiger partial charge in [0.05, 0.1) is 22.9 Å². The van der Waals surface area contributed by atoms with E-state index in [9.17, 15) is 4.79 Å². The highest BCUT2D eigenvalue weighted by molar-refractivity contribution is 7.22. The van der Waals surface area contributed by atoms with Crippen LogP contribution in [0.1, 0.15) is 23.3 Å². The van der Waals surface area contributed by atoms with Gasteiger partial charge in [0, 0.05) is 19.0 Å². The van der Waals surface area contributed by atoms with Gasteiger partial charge in [-0.05, 0) is 37.1 Å². The molecular formula is C20H18N4O2S. The first-order chi connectivity index (χ1) is 13.3. The number of nitrogens with zero attached hydrogens (tertiary/aromatic N) is 4. The van der Waals surface area contributed by atoms with Gasteiger partial charge in [-0.3, -0.25) is 9.69 Å². The first kappa shape index (κ1) is 16.4. The highest BCUT2D eigenvalue weighted by Crippen LogP contribution is 2.30. The third-order valence-corrected chi connectivity index (χ3v) is 5.81. The Bertz CT molecular complexity index is 1050. The minimum Gasteiger partial charge on any atom is -0.376 e. The second-order valence-corrected chi connectivity index (χ2v) is 7.62. The van der Waals surface area contributed by atoms with E-state index in [0.29, 0.717) is 17.4 Å². The zero-order valence-electron chi connectivity index (χ0n) is 14.6. The fourth-order valence-corrected chi connectivity index (χ4v) is 4.36. The van der Waals surface area contributed by atoms with E-state index in [-0.39, 0.29) is 12.0 Å². The van der Waals surface area contributed by atoms with Crippen molar-refractivity contribution in [2.45, 2.75) is 18.9 Å². The summed E-state index contributed by atoms with van der Waals surface area (Å²) in [4.78, 5) is 24.2. The van der Waals surface area contributed by atoms with Crippen LogP contribution in [0.4, 0.5) is 5.13 Å². The largest absolute Gasteiger partial charge is 0.376 e. The van der Waals surface area contributed by atoms with Crippen LogP contribution in [-0.4, -0.2) is 39.5 Å². The second-order valence-electron chi connectivity index (χ2n) is 6.61. The Morgan fingerprint density at radius 2 is 2.11 bits per heavy atom. The Morgan fingerprint density at radius 3 is 2.93 bits per heavy atom. The highest BCUT2D eigenvalue weighted by atomic mass is 32.1. The van der Waals surface area contributed by atoms with Gasteiger partial charge in [-0.2, -0.15) is 0 Å². The maximum Gasteiger partial charge on any atom is 0.280 e. The molecule has 1 atom stereocenters. The van der Waals surface area contributed by atoms with Crippen LogP contribution in [0.2, 0.25) is 0 Å². The number of imidazole rings is 1. The topological polar surface area (TPSA) is 59.7 Å². The number of carbonyl (C=O) groups is 1. The predicted molar refractivity (Wildman–Crippen MR) is 105 cm³/mol. The van der Waals surface area contributed by atoms with Gasteiger partial charge < -0.3 is 9.14 Å². The number of thiazole rings is 1. The van der Waals surface area contributed by atoms with Gasteiger partial charge in [0.2, 0.25) is 0 Å². The molecule has 136 valence electrons. The van der Waals surface area contributed by atoms with Crippen molar-refractivity contribution in [3.05, 3.63) is 60.6 Å². The standard InChI is InChI=1S/C20H18N4O2S/c25-19(16-13-23-10-4-3-9-18(23)21-16)24(12-14-6-5-11-26-14)20-22-15-7-1-2-8-17(15)27-20/h1-4,7-10,13-14H,5-6,11-12H2/t14-/m1/s1. The minimum absolute atomic E-state index is 0.0398. The van der Waals surface area contributed by atoms with Crippen molar-refractivity contribution < 1.29 is 9.53 Å². The van der Waals surface area contributed by atoms with E-state index in [1.807, 2.05) is 53.1 Å². The van der Waals surface area contributed by atoms with Crippen molar-refractivity contribution in [1.29, 1.82) is 0 Å². The second kappa shape index (κ2) is 6.75. The van der Waals surface area contributed by atoms with Gasteiger partial charge >= 0.3 is 0 Å². The van der Waals surface area contributed by atoms with E-state index >= 15 is 0 Å². The smallest absolute Gasteiger partial charge is 0.280 e. The lowest BCUT2D eigenvalue weighted by molar-refractivity contribution is 0.0914. The zero-order chi connectivity index (χ0) is 18.2. The summed E-state index contributed by atoms with van der Waals surface area (Å²) in [7, 11) is 0. The van der Waals surface area contributed by atoms with Crippen LogP contribution >= 0.6 is 11.3 Å². The third-order valence-electron chi connectivity index (χ3n) is 4.75. The molecule has 6 nitrogen and oxygen atoms in total. The Kier molecular flexibility index (Phi) is 4.10. The van der Waals surface area contributed by atoms with Crippen molar-refractivity contribution in [3.63, 3.8) is 0 Å². The van der Waals surface area contributed by atoms with Gasteiger partial charge in [-0.25, -0.2) is 9.97 Å². The van der Waals surface area contributed by atoms with Gasteiger partial charge in [0.1, 0.15) is 11.3 Å². The predicted octanol–water partition coefficient (Wildman–Crippen LogP) is 3.77. The number of para-hydroxylation sites is 1. The van der Waals surface area contributed by atoms with Crippen LogP contribution in [0, 0.1) is 0 Å². The zero-order valence-corrected chi connectivity index (χ0v) is 15.4. The van der Waals surface area contributed by atoms with Crippen LogP contribution in [0.5, 0.6) is 0 Å². The molecule has 1 amide bonds. The van der Waals surface area contributed by atoms with Gasteiger partial charge in [-0.1, -0.05) is 29.5 Å². The molecule has 0 N–H and O–H groups in total. The lowest BCUT2D eigenvalue weighted by Crippen LogP contribution is -2.37. The van der Waals surface area contributed by atoms with E-state index in [4.69, 9.17) is 4.74 Å². The number of anilines is 1. The maximum absolute atomic E-state index is 13.3. The number of ether oxygens (including phenoxy) is 1. The Hall–Kier alpha value is -2.77. The molecule has 1 aliphatic rings. The average molecular weight is 378 g/mol. The molecule has 1 aliphatic heterocycles. The number of aromatic nitrogens is 3. The third kappa shape index (κ3) is 3.09. The summed E-state index contributed by atoms with van der Waals surface area (Å²) in [5, 5.41) is 0.689. The molecule has 0 saturated carbocycles. The molecule has 0 unspecified atom stereocenters. The first-order valence-electron chi connectivity index (χ1n) is 9.01. The van der Waals surface area contributed by atoms with Crippen LogP contribution in [0.3, 0.4) is 0 Å². The molecule has 1 aromatic carbocycles. The monoisotopic (exact) mass is 378 g/mol. The molecule has 0 aliphatic carbocycles. The number of carbonyl (C=O) groups excluding carboxylic acids is 1. The van der Waals surface area contributed by atoms with Crippen molar-refractivity contribution in [2.24, 2.45) is 0 Å². The lowest BCUT2D eigenvalue weighted by Gasteiger charge is -2.22. The summed E-state index contributed by atoms with van der Waals surface area (Å²) in [6.45, 7) is 1.24. The molecule has 5 rings (SSSR count). The fraction of sp³-hybridized carbons (Fsp3) is 0.250. The summed E-state index contributed by atoms with van der Waals surface area (Å²) in [6, 6.07) is 13.7. The maximum atomic E-state index is 13.3. The van der Waals surface area contributed by atoms with E-state index in [2.05, 4.69) is 9.97 Å². The fourth-order valence-electron chi connectivity index (χ4n) is 3.39. The molecule has 27 heavy (non-hydrogen) atoms. The molecule has 0 bridgehead atoms. The molecule has 1 fully saturated rings. The average Bonchev–Trinajstić information content (AvgIpc) is 3.44. The summed E-state index contributed by atoms with van der Waals surface area (Å²) >= 11 is 1.52. The summed E-state index contributed by atoms with van der Waals surface area (Å²) in [5.74, 6) is -0.145. The molecule has 0 spiro atoms. The number of fused-ring (bicyclic) bond motifs is 2. The molecule has 4 aromatic rings. The molecule has 0 radical (unpaired) electrons. The van der Waals surface area contributed by atoms with Crippen molar-refractivity contribution in [1.82, 2.24) is 14.4 Å². The number of hydrogen-bond donors (Lipinski definition) is 0. The SMILES string of the molecule is O=C(c1cn2ccccc2n1)N(C[C@H]1CCCO1)c1nc2ccccc2s1. The Balaban J connectivity index is 1.54. The van der Waals surface area contributed by atoms with Crippen molar-refractivity contribution in [3.8, 4) is 0 Å². The number of pyridine rings is 1. The summed E-state index contributed by atoms with van der Waals surface area (Å²) in [6.07, 6.45) is 5.69. The first-order valence-corrected chi connectivity index (χ1v) is 9.82. The van der Waals surface area contributed by atoms with E-state index in [1.165, 1.54) is 11.3 Å². The van der Waals surface area contributed by atoms with E-state index in [1.54, 1.807) is 11.1 Å². The minimum atomic E-state index is -0.145. The van der Waals surface area contributed by atoms with Crippen LogP contribution in [0.25, 0.3) is 15.9 Å². The van der Waals surface area contributed by atoms with Crippen molar-refractivity contribution >= 4 is 38.2 Å². The molecule has 7 heteroatoms. The van der Waals surface area contributed by atoms with Crippen LogP contribution in [0.15, 0.2) is 54.9 Å². The van der Waals surface area contributed by atoms with Gasteiger partial charge in [0.25, 0.3) is 5.91 Å².